The van der Waals surface area contributed by atoms with Gasteiger partial charge >= 0.3 is 12.1 Å². The fourth-order valence-corrected chi connectivity index (χ4v) is 5.17. The number of ether oxygens (including phenoxy) is 1. The molecule has 3 aromatic carbocycles. The lowest BCUT2D eigenvalue weighted by atomic mass is 9.98. The van der Waals surface area contributed by atoms with E-state index in [9.17, 15) is 19.5 Å². The van der Waals surface area contributed by atoms with Gasteiger partial charge in [-0.2, -0.15) is 0 Å². The summed E-state index contributed by atoms with van der Waals surface area (Å²) >= 11 is 2.05. The lowest BCUT2D eigenvalue weighted by Gasteiger charge is -2.24. The molecule has 35 heavy (non-hydrogen) atoms. The molecule has 0 spiro atoms. The lowest BCUT2D eigenvalue weighted by Crippen LogP contribution is -2.42. The number of amides is 2. The van der Waals surface area contributed by atoms with Crippen molar-refractivity contribution >= 4 is 46.2 Å². The molecule has 1 unspecified atom stereocenters. The third-order valence-corrected chi connectivity index (χ3v) is 6.82. The van der Waals surface area contributed by atoms with Gasteiger partial charge in [0.05, 0.1) is 0 Å². The van der Waals surface area contributed by atoms with Crippen molar-refractivity contribution in [2.45, 2.75) is 25.3 Å². The molecule has 0 radical (unpaired) electrons. The van der Waals surface area contributed by atoms with Gasteiger partial charge in [0.15, 0.2) is 0 Å². The number of aliphatic carboxylic acids is 1. The van der Waals surface area contributed by atoms with E-state index >= 15 is 0 Å². The number of nitrogens with one attached hydrogen (secondary N) is 1. The minimum Gasteiger partial charge on any atom is -0.480 e. The average Bonchev–Trinajstić information content (AvgIpc) is 3.15. The lowest BCUT2D eigenvalue weighted by molar-refractivity contribution is -0.142. The number of carbonyl (C=O) groups excluding carboxylic acids is 2. The summed E-state index contributed by atoms with van der Waals surface area (Å²) in [6.45, 7) is 1.89. The van der Waals surface area contributed by atoms with Crippen LogP contribution in [0.3, 0.4) is 0 Å². The maximum absolute atomic E-state index is 12.9. The van der Waals surface area contributed by atoms with Crippen molar-refractivity contribution < 1.29 is 24.2 Å². The standard InChI is InChI=1S/C27H25IN2O5/c1-3-24(26(32)33)30(2)25(31)16-12-17(28)14-18(13-16)29-27(34)35-15-23-21-10-6-4-8-19(21)20-9-5-7-11-22(20)23/h4-14,23-24H,3,15H2,1-2H3,(H,29,34)(H,32,33). The highest BCUT2D eigenvalue weighted by Crippen LogP contribution is 2.44. The number of likely N-dealkylation sites (N-methyl/N-ethyl adjacent to an activating group) is 1. The number of halogens is 1. The van der Waals surface area contributed by atoms with Crippen LogP contribution in [0.1, 0.15) is 40.7 Å². The van der Waals surface area contributed by atoms with Crippen LogP contribution in [0.25, 0.3) is 11.1 Å². The zero-order chi connectivity index (χ0) is 25.1. The minimum atomic E-state index is -1.06. The Kier molecular flexibility index (Phi) is 7.39. The van der Waals surface area contributed by atoms with E-state index in [0.29, 0.717) is 5.69 Å². The normalized spacial score (nSPS) is 12.9. The third kappa shape index (κ3) is 5.17. The first-order valence-corrected chi connectivity index (χ1v) is 12.3. The number of rotatable bonds is 7. The first-order chi connectivity index (χ1) is 16.8. The van der Waals surface area contributed by atoms with E-state index in [4.69, 9.17) is 4.74 Å². The molecule has 0 heterocycles. The van der Waals surface area contributed by atoms with Gasteiger partial charge in [-0.25, -0.2) is 9.59 Å². The first-order valence-electron chi connectivity index (χ1n) is 11.2. The van der Waals surface area contributed by atoms with Gasteiger partial charge in [0.2, 0.25) is 0 Å². The Morgan fingerprint density at radius 1 is 1.03 bits per heavy atom. The van der Waals surface area contributed by atoms with Gasteiger partial charge in [0.1, 0.15) is 12.6 Å². The van der Waals surface area contributed by atoms with Crippen LogP contribution in [0.4, 0.5) is 10.5 Å². The summed E-state index contributed by atoms with van der Waals surface area (Å²) in [5, 5.41) is 12.1. The Hall–Kier alpha value is -3.40. The highest BCUT2D eigenvalue weighted by molar-refractivity contribution is 14.1. The number of anilines is 1. The monoisotopic (exact) mass is 584 g/mol. The molecule has 180 valence electrons. The smallest absolute Gasteiger partial charge is 0.411 e. The molecule has 0 aromatic heterocycles. The van der Waals surface area contributed by atoms with Crippen molar-refractivity contribution in [3.05, 3.63) is 87.0 Å². The van der Waals surface area contributed by atoms with Crippen LogP contribution >= 0.6 is 22.6 Å². The topological polar surface area (TPSA) is 95.9 Å². The molecule has 0 bridgehead atoms. The molecular weight excluding hydrogens is 559 g/mol. The summed E-state index contributed by atoms with van der Waals surface area (Å²) in [4.78, 5) is 38.2. The Morgan fingerprint density at radius 2 is 1.63 bits per heavy atom. The van der Waals surface area contributed by atoms with Gasteiger partial charge in [-0.15, -0.1) is 0 Å². The van der Waals surface area contributed by atoms with Crippen LogP contribution in [-0.4, -0.2) is 47.7 Å². The van der Waals surface area contributed by atoms with Gasteiger partial charge in [0.25, 0.3) is 5.91 Å². The van der Waals surface area contributed by atoms with Crippen LogP contribution < -0.4 is 5.32 Å². The van der Waals surface area contributed by atoms with Crippen molar-refractivity contribution in [3.8, 4) is 11.1 Å². The van der Waals surface area contributed by atoms with Crippen LogP contribution in [0, 0.1) is 3.57 Å². The van der Waals surface area contributed by atoms with Crippen molar-refractivity contribution in [1.82, 2.24) is 4.90 Å². The Labute approximate surface area is 217 Å². The van der Waals surface area contributed by atoms with Crippen LogP contribution in [-0.2, 0) is 9.53 Å². The Morgan fingerprint density at radius 3 is 2.20 bits per heavy atom. The highest BCUT2D eigenvalue weighted by Gasteiger charge is 2.29. The summed E-state index contributed by atoms with van der Waals surface area (Å²) < 4.78 is 6.31. The van der Waals surface area contributed by atoms with E-state index < -0.39 is 24.0 Å². The quantitative estimate of drug-likeness (QED) is 0.354. The molecule has 1 atom stereocenters. The van der Waals surface area contributed by atoms with Crippen molar-refractivity contribution in [2.24, 2.45) is 0 Å². The first kappa shape index (κ1) is 24.7. The molecule has 2 N–H and O–H groups in total. The number of benzene rings is 3. The second-order valence-electron chi connectivity index (χ2n) is 8.36. The fraction of sp³-hybridized carbons (Fsp3) is 0.222. The highest BCUT2D eigenvalue weighted by atomic mass is 127. The van der Waals surface area contributed by atoms with E-state index in [1.54, 1.807) is 19.1 Å². The van der Waals surface area contributed by atoms with Gasteiger partial charge in [-0.1, -0.05) is 55.5 Å². The molecule has 0 saturated carbocycles. The molecule has 7 nitrogen and oxygen atoms in total. The summed E-state index contributed by atoms with van der Waals surface area (Å²) in [5.41, 5.74) is 5.22. The summed E-state index contributed by atoms with van der Waals surface area (Å²) in [6.07, 6.45) is -0.343. The SMILES string of the molecule is CCC(C(=O)O)N(C)C(=O)c1cc(I)cc(NC(=O)OCC2c3ccccc3-c3ccccc32)c1. The molecule has 1 aliphatic rings. The van der Waals surface area contributed by atoms with Crippen LogP contribution in [0.5, 0.6) is 0 Å². The van der Waals surface area contributed by atoms with E-state index in [1.807, 2.05) is 46.9 Å². The third-order valence-electron chi connectivity index (χ3n) is 6.19. The number of carboxylic acid groups (broad SMARTS) is 1. The summed E-state index contributed by atoms with van der Waals surface area (Å²) in [5.74, 6) is -1.56. The molecule has 3 aromatic rings. The second kappa shape index (κ2) is 10.5. The predicted molar refractivity (Wildman–Crippen MR) is 142 cm³/mol. The minimum absolute atomic E-state index is 0.0585. The number of fused-ring (bicyclic) bond motifs is 3. The van der Waals surface area contributed by atoms with Crippen molar-refractivity contribution in [3.63, 3.8) is 0 Å². The molecule has 0 saturated heterocycles. The van der Waals surface area contributed by atoms with Gasteiger partial charge in [-0.3, -0.25) is 10.1 Å². The second-order valence-corrected chi connectivity index (χ2v) is 9.60. The molecular formula is C27H25IN2O5. The molecule has 1 aliphatic carbocycles. The van der Waals surface area contributed by atoms with Gasteiger partial charge in [0, 0.05) is 27.8 Å². The summed E-state index contributed by atoms with van der Waals surface area (Å²) in [6, 6.07) is 20.2. The number of hydrogen-bond donors (Lipinski definition) is 2. The average molecular weight is 584 g/mol. The zero-order valence-corrected chi connectivity index (χ0v) is 21.5. The van der Waals surface area contributed by atoms with Gasteiger partial charge < -0.3 is 14.7 Å². The Bertz CT molecular complexity index is 1250. The van der Waals surface area contributed by atoms with Gasteiger partial charge in [-0.05, 0) is 69.5 Å². The molecule has 0 aliphatic heterocycles. The van der Waals surface area contributed by atoms with E-state index in [-0.39, 0.29) is 24.5 Å². The van der Waals surface area contributed by atoms with E-state index in [2.05, 4.69) is 29.6 Å². The molecule has 8 heteroatoms. The predicted octanol–water partition coefficient (Wildman–Crippen LogP) is 5.59. The van der Waals surface area contributed by atoms with Crippen LogP contribution in [0.15, 0.2) is 66.7 Å². The number of carboxylic acids is 1. The molecule has 2 amide bonds. The number of carbonyl (C=O) groups is 3. The van der Waals surface area contributed by atoms with Crippen molar-refractivity contribution in [2.75, 3.05) is 19.0 Å². The van der Waals surface area contributed by atoms with E-state index in [1.165, 1.54) is 18.0 Å². The van der Waals surface area contributed by atoms with E-state index in [0.717, 1.165) is 25.8 Å². The Balaban J connectivity index is 1.46. The van der Waals surface area contributed by atoms with Crippen molar-refractivity contribution in [1.29, 1.82) is 0 Å². The fourth-order valence-electron chi connectivity index (χ4n) is 4.50. The number of hydrogen-bond acceptors (Lipinski definition) is 4. The maximum atomic E-state index is 12.9. The number of nitrogens with zero attached hydrogens (tertiary/aromatic N) is 1. The zero-order valence-electron chi connectivity index (χ0n) is 19.3. The largest absolute Gasteiger partial charge is 0.480 e. The summed E-state index contributed by atoms with van der Waals surface area (Å²) in [7, 11) is 1.46. The maximum Gasteiger partial charge on any atom is 0.411 e. The molecule has 0 fully saturated rings. The van der Waals surface area contributed by atoms with Crippen LogP contribution in [0.2, 0.25) is 0 Å². The molecule has 4 rings (SSSR count).